The van der Waals surface area contributed by atoms with Gasteiger partial charge in [-0.15, -0.1) is 0 Å². The minimum atomic E-state index is 0.0848. The van der Waals surface area contributed by atoms with E-state index in [-0.39, 0.29) is 5.54 Å². The molecule has 1 aromatic carbocycles. The number of hydrogen-bond acceptors (Lipinski definition) is 3. The third kappa shape index (κ3) is 4.17. The van der Waals surface area contributed by atoms with Gasteiger partial charge in [0.15, 0.2) is 5.82 Å². The van der Waals surface area contributed by atoms with Crippen LogP contribution < -0.4 is 5.32 Å². The van der Waals surface area contributed by atoms with Crippen LogP contribution in [-0.4, -0.2) is 20.3 Å². The summed E-state index contributed by atoms with van der Waals surface area (Å²) in [5.41, 5.74) is 2.65. The molecule has 0 radical (unpaired) electrons. The van der Waals surface area contributed by atoms with Crippen LogP contribution in [0.5, 0.6) is 0 Å². The van der Waals surface area contributed by atoms with Gasteiger partial charge >= 0.3 is 0 Å². The van der Waals surface area contributed by atoms with Crippen molar-refractivity contribution < 1.29 is 0 Å². The summed E-state index contributed by atoms with van der Waals surface area (Å²) in [6, 6.07) is 8.36. The first-order valence-electron chi connectivity index (χ1n) is 6.62. The summed E-state index contributed by atoms with van der Waals surface area (Å²) < 4.78 is 1.89. The van der Waals surface area contributed by atoms with E-state index in [1.54, 1.807) is 6.33 Å². The Hall–Kier alpha value is -1.68. The van der Waals surface area contributed by atoms with E-state index in [0.29, 0.717) is 6.54 Å². The summed E-state index contributed by atoms with van der Waals surface area (Å²) in [5, 5.41) is 7.88. The molecule has 1 aromatic heterocycles. The van der Waals surface area contributed by atoms with Crippen molar-refractivity contribution in [2.75, 3.05) is 0 Å². The van der Waals surface area contributed by atoms with E-state index in [1.807, 2.05) is 4.68 Å². The van der Waals surface area contributed by atoms with Crippen LogP contribution in [0.4, 0.5) is 0 Å². The highest BCUT2D eigenvalue weighted by Gasteiger charge is 2.10. The molecule has 102 valence electrons. The zero-order valence-electron chi connectivity index (χ0n) is 12.1. The molecule has 0 amide bonds. The fourth-order valence-electron chi connectivity index (χ4n) is 1.80. The minimum absolute atomic E-state index is 0.0848. The number of aryl methyl sites for hydroxylation is 1. The molecule has 0 saturated carbocycles. The van der Waals surface area contributed by atoms with Gasteiger partial charge in [-0.05, 0) is 38.8 Å². The normalized spacial score (nSPS) is 11.8. The van der Waals surface area contributed by atoms with Gasteiger partial charge < -0.3 is 5.32 Å². The highest BCUT2D eigenvalue weighted by Crippen LogP contribution is 2.08. The van der Waals surface area contributed by atoms with Gasteiger partial charge in [0.05, 0.1) is 13.1 Å². The molecule has 0 saturated heterocycles. The number of nitrogens with zero attached hydrogens (tertiary/aromatic N) is 3. The van der Waals surface area contributed by atoms with Gasteiger partial charge in [-0.2, -0.15) is 5.10 Å². The Balaban J connectivity index is 2.00. The molecule has 0 aliphatic heterocycles. The molecule has 4 heteroatoms. The average molecular weight is 258 g/mol. The van der Waals surface area contributed by atoms with Crippen molar-refractivity contribution in [1.82, 2.24) is 20.1 Å². The van der Waals surface area contributed by atoms with Crippen LogP contribution in [0.2, 0.25) is 0 Å². The standard InChI is InChI=1S/C15H22N4/c1-12-7-5-6-8-13(12)10-19-11-16-14(18-19)9-17-15(2,3)4/h5-8,11,17H,9-10H2,1-4H3. The van der Waals surface area contributed by atoms with Crippen molar-refractivity contribution in [2.24, 2.45) is 0 Å². The second kappa shape index (κ2) is 5.53. The summed E-state index contributed by atoms with van der Waals surface area (Å²) in [4.78, 5) is 4.33. The number of hydrogen-bond donors (Lipinski definition) is 1. The molecule has 0 unspecified atom stereocenters. The molecule has 19 heavy (non-hydrogen) atoms. The van der Waals surface area contributed by atoms with Crippen molar-refractivity contribution in [1.29, 1.82) is 0 Å². The molecule has 4 nitrogen and oxygen atoms in total. The quantitative estimate of drug-likeness (QED) is 0.916. The number of nitrogens with one attached hydrogen (secondary N) is 1. The van der Waals surface area contributed by atoms with Gasteiger partial charge in [0.2, 0.25) is 0 Å². The lowest BCUT2D eigenvalue weighted by atomic mass is 10.1. The van der Waals surface area contributed by atoms with Gasteiger partial charge in [-0.3, -0.25) is 0 Å². The number of benzene rings is 1. The van der Waals surface area contributed by atoms with E-state index in [9.17, 15) is 0 Å². The number of rotatable bonds is 4. The molecule has 1 N–H and O–H groups in total. The Morgan fingerprint density at radius 1 is 1.21 bits per heavy atom. The Labute approximate surface area is 114 Å². The Kier molecular flexibility index (Phi) is 4.00. The summed E-state index contributed by atoms with van der Waals surface area (Å²) >= 11 is 0. The first kappa shape index (κ1) is 13.7. The topological polar surface area (TPSA) is 42.7 Å². The van der Waals surface area contributed by atoms with Crippen LogP contribution in [-0.2, 0) is 13.1 Å². The molecular weight excluding hydrogens is 236 g/mol. The van der Waals surface area contributed by atoms with Crippen molar-refractivity contribution in [2.45, 2.75) is 46.3 Å². The van der Waals surface area contributed by atoms with Crippen LogP contribution in [0.3, 0.4) is 0 Å². The van der Waals surface area contributed by atoms with E-state index < -0.39 is 0 Å². The SMILES string of the molecule is Cc1ccccc1Cn1cnc(CNC(C)(C)C)n1. The van der Waals surface area contributed by atoms with Crippen LogP contribution in [0.15, 0.2) is 30.6 Å². The summed E-state index contributed by atoms with van der Waals surface area (Å²) in [7, 11) is 0. The highest BCUT2D eigenvalue weighted by molar-refractivity contribution is 5.25. The molecule has 2 rings (SSSR count). The third-order valence-electron chi connectivity index (χ3n) is 2.95. The number of aromatic nitrogens is 3. The predicted molar refractivity (Wildman–Crippen MR) is 76.9 cm³/mol. The van der Waals surface area contributed by atoms with E-state index in [1.165, 1.54) is 11.1 Å². The van der Waals surface area contributed by atoms with E-state index in [4.69, 9.17) is 0 Å². The molecule has 0 aliphatic carbocycles. The molecule has 0 spiro atoms. The molecule has 1 heterocycles. The van der Waals surface area contributed by atoms with Crippen molar-refractivity contribution in [3.8, 4) is 0 Å². The van der Waals surface area contributed by atoms with Crippen LogP contribution in [0, 0.1) is 6.92 Å². The molecule has 0 aliphatic rings. The fourth-order valence-corrected chi connectivity index (χ4v) is 1.80. The van der Waals surface area contributed by atoms with Crippen molar-refractivity contribution >= 4 is 0 Å². The monoisotopic (exact) mass is 258 g/mol. The predicted octanol–water partition coefficient (Wildman–Crippen LogP) is 2.52. The fraction of sp³-hybridized carbons (Fsp3) is 0.467. The summed E-state index contributed by atoms with van der Waals surface area (Å²) in [6.07, 6.45) is 1.80. The van der Waals surface area contributed by atoms with E-state index in [0.717, 1.165) is 12.4 Å². The minimum Gasteiger partial charge on any atom is -0.305 e. The van der Waals surface area contributed by atoms with Crippen LogP contribution in [0.1, 0.15) is 37.7 Å². The second-order valence-corrected chi connectivity index (χ2v) is 5.89. The molecule has 0 bridgehead atoms. The maximum atomic E-state index is 4.49. The second-order valence-electron chi connectivity index (χ2n) is 5.89. The first-order chi connectivity index (χ1) is 8.94. The smallest absolute Gasteiger partial charge is 0.164 e. The lowest BCUT2D eigenvalue weighted by Gasteiger charge is -2.19. The van der Waals surface area contributed by atoms with Crippen LogP contribution >= 0.6 is 0 Å². The van der Waals surface area contributed by atoms with Crippen molar-refractivity contribution in [3.63, 3.8) is 0 Å². The highest BCUT2D eigenvalue weighted by atomic mass is 15.3. The average Bonchev–Trinajstić information content (AvgIpc) is 2.77. The van der Waals surface area contributed by atoms with Gasteiger partial charge in [-0.1, -0.05) is 24.3 Å². The Morgan fingerprint density at radius 2 is 1.95 bits per heavy atom. The maximum Gasteiger partial charge on any atom is 0.164 e. The van der Waals surface area contributed by atoms with E-state index >= 15 is 0 Å². The molecule has 0 atom stereocenters. The molecule has 2 aromatic rings. The third-order valence-corrected chi connectivity index (χ3v) is 2.95. The summed E-state index contributed by atoms with van der Waals surface area (Å²) in [6.45, 7) is 10.00. The van der Waals surface area contributed by atoms with Gasteiger partial charge in [0, 0.05) is 5.54 Å². The van der Waals surface area contributed by atoms with Crippen LogP contribution in [0.25, 0.3) is 0 Å². The first-order valence-corrected chi connectivity index (χ1v) is 6.62. The molecular formula is C15H22N4. The lowest BCUT2D eigenvalue weighted by molar-refractivity contribution is 0.417. The zero-order valence-corrected chi connectivity index (χ0v) is 12.1. The van der Waals surface area contributed by atoms with Gasteiger partial charge in [0.25, 0.3) is 0 Å². The van der Waals surface area contributed by atoms with Gasteiger partial charge in [-0.25, -0.2) is 9.67 Å². The Morgan fingerprint density at radius 3 is 2.63 bits per heavy atom. The lowest BCUT2D eigenvalue weighted by Crippen LogP contribution is -2.35. The molecule has 0 fully saturated rings. The summed E-state index contributed by atoms with van der Waals surface area (Å²) in [5.74, 6) is 0.837. The van der Waals surface area contributed by atoms with E-state index in [2.05, 4.69) is 67.4 Å². The largest absolute Gasteiger partial charge is 0.305 e. The Bertz CT molecular complexity index is 537. The van der Waals surface area contributed by atoms with Gasteiger partial charge in [0.1, 0.15) is 6.33 Å². The maximum absolute atomic E-state index is 4.49. The zero-order chi connectivity index (χ0) is 13.9. The van der Waals surface area contributed by atoms with Crippen molar-refractivity contribution in [3.05, 3.63) is 47.5 Å².